The number of nitrogens with zero attached hydrogens (tertiary/aromatic N) is 5. The Morgan fingerprint density at radius 1 is 1.00 bits per heavy atom. The van der Waals surface area contributed by atoms with E-state index in [1.165, 1.54) is 24.5 Å². The Hall–Kier alpha value is -4.77. The van der Waals surface area contributed by atoms with Gasteiger partial charge in [0, 0.05) is 35.3 Å². The first-order valence-corrected chi connectivity index (χ1v) is 12.7. The summed E-state index contributed by atoms with van der Waals surface area (Å²) in [5.41, 5.74) is 4.18. The van der Waals surface area contributed by atoms with Crippen molar-refractivity contribution < 1.29 is 13.9 Å². The highest BCUT2D eigenvalue weighted by atomic mass is 19.1. The maximum Gasteiger partial charge on any atom is 0.184 e. The third kappa shape index (κ3) is 4.87. The second kappa shape index (κ2) is 9.76. The van der Waals surface area contributed by atoms with Gasteiger partial charge in [-0.1, -0.05) is 20.8 Å². The molecule has 0 saturated heterocycles. The lowest BCUT2D eigenvalue weighted by Gasteiger charge is -2.23. The van der Waals surface area contributed by atoms with Gasteiger partial charge in [-0.25, -0.2) is 18.7 Å². The Labute approximate surface area is 227 Å². The van der Waals surface area contributed by atoms with Crippen LogP contribution in [0.2, 0.25) is 0 Å². The zero-order chi connectivity index (χ0) is 28.0. The summed E-state index contributed by atoms with van der Waals surface area (Å²) in [6, 6.07) is 9.46. The standard InChI is InChI=1S/C29H26F2N8O/c1-29(2,3)11-21(40)35-18-10-16(12-32-13-18)19-14-34-27-22(23(19)31)26(38-39-27)28-36-20-8-9-33-24(25(20)37-28)15-4-6-17(30)7-5-15/h4-10,12-14,21,35,40H,11H2,1-3H3,(H,36,37)(H,34,38,39). The first kappa shape index (κ1) is 25.5. The Balaban J connectivity index is 1.39. The van der Waals surface area contributed by atoms with Gasteiger partial charge in [0.2, 0.25) is 0 Å². The molecule has 40 heavy (non-hydrogen) atoms. The molecular weight excluding hydrogens is 514 g/mol. The highest BCUT2D eigenvalue weighted by molar-refractivity contribution is 5.96. The van der Waals surface area contributed by atoms with Gasteiger partial charge in [0.1, 0.15) is 29.1 Å². The fourth-order valence-electron chi connectivity index (χ4n) is 4.69. The molecule has 202 valence electrons. The second-order valence-electron chi connectivity index (χ2n) is 10.8. The van der Waals surface area contributed by atoms with Crippen LogP contribution in [0.4, 0.5) is 14.5 Å². The number of rotatable bonds is 6. The molecule has 1 unspecified atom stereocenters. The number of benzene rings is 1. The van der Waals surface area contributed by atoms with Crippen molar-refractivity contribution in [1.29, 1.82) is 0 Å². The third-order valence-electron chi connectivity index (χ3n) is 6.46. The number of imidazole rings is 1. The van der Waals surface area contributed by atoms with Crippen molar-refractivity contribution in [2.24, 2.45) is 5.41 Å². The number of aromatic amines is 2. The van der Waals surface area contributed by atoms with Gasteiger partial charge in [0.25, 0.3) is 0 Å². The zero-order valence-electron chi connectivity index (χ0n) is 22.0. The summed E-state index contributed by atoms with van der Waals surface area (Å²) >= 11 is 0. The lowest BCUT2D eigenvalue weighted by molar-refractivity contribution is 0.145. The number of pyridine rings is 3. The predicted octanol–water partition coefficient (Wildman–Crippen LogP) is 6.07. The van der Waals surface area contributed by atoms with E-state index < -0.39 is 12.0 Å². The molecular formula is C29H26F2N8O. The molecule has 1 atom stereocenters. The molecule has 9 nitrogen and oxygen atoms in total. The van der Waals surface area contributed by atoms with Gasteiger partial charge in [-0.15, -0.1) is 0 Å². The Morgan fingerprint density at radius 2 is 1.80 bits per heavy atom. The molecule has 4 N–H and O–H groups in total. The van der Waals surface area contributed by atoms with Gasteiger partial charge in [0.15, 0.2) is 11.5 Å². The summed E-state index contributed by atoms with van der Waals surface area (Å²) in [6.45, 7) is 6.11. The van der Waals surface area contributed by atoms with Crippen LogP contribution in [0.25, 0.3) is 56.0 Å². The van der Waals surface area contributed by atoms with Gasteiger partial charge >= 0.3 is 0 Å². The van der Waals surface area contributed by atoms with E-state index in [1.807, 2.05) is 20.8 Å². The number of nitrogens with one attached hydrogen (secondary N) is 3. The summed E-state index contributed by atoms with van der Waals surface area (Å²) < 4.78 is 29.6. The van der Waals surface area contributed by atoms with E-state index in [-0.39, 0.29) is 27.8 Å². The lowest BCUT2D eigenvalue weighted by Crippen LogP contribution is -2.25. The number of fused-ring (bicyclic) bond motifs is 2. The quantitative estimate of drug-likeness (QED) is 0.189. The molecule has 0 aliphatic carbocycles. The van der Waals surface area contributed by atoms with E-state index in [0.29, 0.717) is 51.5 Å². The summed E-state index contributed by atoms with van der Waals surface area (Å²) in [5, 5.41) is 20.7. The fraction of sp³-hybridized carbons (Fsp3) is 0.207. The smallest absolute Gasteiger partial charge is 0.184 e. The number of aliphatic hydroxyl groups is 1. The van der Waals surface area contributed by atoms with Crippen LogP contribution in [0.3, 0.4) is 0 Å². The summed E-state index contributed by atoms with van der Waals surface area (Å²) in [7, 11) is 0. The summed E-state index contributed by atoms with van der Waals surface area (Å²) in [4.78, 5) is 20.9. The van der Waals surface area contributed by atoms with Crippen molar-refractivity contribution in [3.05, 3.63) is 72.8 Å². The van der Waals surface area contributed by atoms with Gasteiger partial charge in [-0.3, -0.25) is 15.1 Å². The van der Waals surface area contributed by atoms with Gasteiger partial charge in [-0.2, -0.15) is 5.10 Å². The minimum atomic E-state index is -0.787. The van der Waals surface area contributed by atoms with E-state index in [4.69, 9.17) is 4.98 Å². The lowest BCUT2D eigenvalue weighted by atomic mass is 9.91. The number of aromatic nitrogens is 7. The second-order valence-corrected chi connectivity index (χ2v) is 10.8. The molecule has 5 aromatic heterocycles. The average Bonchev–Trinajstić information content (AvgIpc) is 3.53. The van der Waals surface area contributed by atoms with Crippen molar-refractivity contribution in [3.8, 4) is 33.9 Å². The minimum absolute atomic E-state index is 0.0807. The van der Waals surface area contributed by atoms with Gasteiger partial charge < -0.3 is 15.4 Å². The van der Waals surface area contributed by atoms with Gasteiger partial charge in [0.05, 0.1) is 28.5 Å². The molecule has 0 bridgehead atoms. The van der Waals surface area contributed by atoms with E-state index in [9.17, 15) is 9.50 Å². The van der Waals surface area contributed by atoms with Crippen LogP contribution >= 0.6 is 0 Å². The molecule has 0 fully saturated rings. The molecule has 6 rings (SSSR count). The first-order chi connectivity index (χ1) is 19.2. The summed E-state index contributed by atoms with van der Waals surface area (Å²) in [5.74, 6) is -0.537. The highest BCUT2D eigenvalue weighted by Crippen LogP contribution is 2.34. The van der Waals surface area contributed by atoms with E-state index >= 15 is 4.39 Å². The molecule has 5 heterocycles. The van der Waals surface area contributed by atoms with Crippen LogP contribution in [-0.2, 0) is 0 Å². The van der Waals surface area contributed by atoms with E-state index in [0.717, 1.165) is 0 Å². The topological polar surface area (TPSA) is 128 Å². The Kier molecular flexibility index (Phi) is 6.22. The monoisotopic (exact) mass is 540 g/mol. The number of H-pyrrole nitrogens is 2. The average molecular weight is 541 g/mol. The van der Waals surface area contributed by atoms with Crippen molar-refractivity contribution >= 4 is 27.8 Å². The van der Waals surface area contributed by atoms with Crippen molar-refractivity contribution in [2.75, 3.05) is 5.32 Å². The van der Waals surface area contributed by atoms with Crippen LogP contribution in [0, 0.1) is 17.0 Å². The molecule has 0 amide bonds. The zero-order valence-corrected chi connectivity index (χ0v) is 22.0. The van der Waals surface area contributed by atoms with Crippen molar-refractivity contribution in [2.45, 2.75) is 33.4 Å². The maximum atomic E-state index is 16.1. The first-order valence-electron chi connectivity index (χ1n) is 12.7. The van der Waals surface area contributed by atoms with Crippen LogP contribution in [-0.4, -0.2) is 46.5 Å². The Bertz CT molecular complexity index is 1840. The predicted molar refractivity (Wildman–Crippen MR) is 149 cm³/mol. The van der Waals surface area contributed by atoms with E-state index in [2.05, 4.69) is 35.5 Å². The number of anilines is 1. The molecule has 0 saturated carbocycles. The Morgan fingerprint density at radius 3 is 2.58 bits per heavy atom. The maximum absolute atomic E-state index is 16.1. The third-order valence-corrected chi connectivity index (χ3v) is 6.46. The molecule has 6 aromatic rings. The molecule has 1 aromatic carbocycles. The molecule has 0 radical (unpaired) electrons. The number of hydrogen-bond acceptors (Lipinski definition) is 7. The fourth-order valence-corrected chi connectivity index (χ4v) is 4.69. The summed E-state index contributed by atoms with van der Waals surface area (Å²) in [6.07, 6.45) is 5.88. The number of halogens is 2. The van der Waals surface area contributed by atoms with Crippen LogP contribution < -0.4 is 5.32 Å². The highest BCUT2D eigenvalue weighted by Gasteiger charge is 2.22. The number of hydrogen-bond donors (Lipinski definition) is 4. The molecule has 0 spiro atoms. The molecule has 11 heteroatoms. The SMILES string of the molecule is CC(C)(C)CC(O)Nc1cncc(-c2cnc3n[nH]c(-c4nc5c(-c6ccc(F)cc6)nccc5[nH]4)c3c2F)c1. The number of aliphatic hydroxyl groups excluding tert-OH is 1. The van der Waals surface area contributed by atoms with Crippen LogP contribution in [0.1, 0.15) is 27.2 Å². The molecule has 0 aliphatic rings. The molecule has 0 aliphatic heterocycles. The van der Waals surface area contributed by atoms with Crippen LogP contribution in [0.5, 0.6) is 0 Å². The van der Waals surface area contributed by atoms with Gasteiger partial charge in [-0.05, 0) is 48.2 Å². The largest absolute Gasteiger partial charge is 0.374 e. The van der Waals surface area contributed by atoms with Crippen molar-refractivity contribution in [3.63, 3.8) is 0 Å². The normalized spacial score (nSPS) is 12.8. The van der Waals surface area contributed by atoms with E-state index in [1.54, 1.807) is 36.7 Å². The minimum Gasteiger partial charge on any atom is -0.374 e. The van der Waals surface area contributed by atoms with Crippen molar-refractivity contribution in [1.82, 2.24) is 35.1 Å². The van der Waals surface area contributed by atoms with Crippen LogP contribution in [0.15, 0.2) is 61.2 Å².